The lowest BCUT2D eigenvalue weighted by Gasteiger charge is -2.34. The molecule has 7 rings (SSSR count). The summed E-state index contributed by atoms with van der Waals surface area (Å²) in [5, 5.41) is 6.01. The maximum atomic E-state index is 13.0. The van der Waals surface area contributed by atoms with Crippen LogP contribution in [0.25, 0.3) is 11.1 Å². The summed E-state index contributed by atoms with van der Waals surface area (Å²) in [7, 11) is 0. The first-order chi connectivity index (χ1) is 23.9. The van der Waals surface area contributed by atoms with Crippen molar-refractivity contribution in [2.75, 3.05) is 10.6 Å². The Morgan fingerprint density at radius 1 is 0.469 bits per heavy atom. The quantitative estimate of drug-likeness (QED) is 0.156. The first kappa shape index (κ1) is 31.5. The molecule has 0 saturated carbocycles. The van der Waals surface area contributed by atoms with Crippen molar-refractivity contribution in [3.05, 3.63) is 180 Å². The number of carbonyl (C=O) groups excluding carboxylic acids is 2. The van der Waals surface area contributed by atoms with E-state index in [1.165, 1.54) is 22.3 Å². The molecule has 6 nitrogen and oxygen atoms in total. The Kier molecular flexibility index (Phi) is 8.69. The van der Waals surface area contributed by atoms with Crippen molar-refractivity contribution >= 4 is 23.2 Å². The normalized spacial score (nSPS) is 13.7. The van der Waals surface area contributed by atoms with Crippen LogP contribution >= 0.6 is 0 Å². The lowest BCUT2D eigenvalue weighted by molar-refractivity contribution is -0.122. The van der Waals surface area contributed by atoms with Gasteiger partial charge in [0, 0.05) is 11.4 Å². The van der Waals surface area contributed by atoms with Gasteiger partial charge in [-0.05, 0) is 95.8 Å². The zero-order valence-corrected chi connectivity index (χ0v) is 27.3. The molecule has 2 N–H and O–H groups in total. The molecule has 0 aromatic heterocycles. The van der Waals surface area contributed by atoms with E-state index in [4.69, 9.17) is 9.47 Å². The molecule has 2 unspecified atom stereocenters. The Labute approximate surface area is 286 Å². The molecule has 49 heavy (non-hydrogen) atoms. The molecule has 0 aliphatic heterocycles. The van der Waals surface area contributed by atoms with E-state index in [9.17, 15) is 9.59 Å². The largest absolute Gasteiger partial charge is 0.481 e. The second kappa shape index (κ2) is 13.5. The third-order valence-corrected chi connectivity index (χ3v) is 8.97. The third kappa shape index (κ3) is 6.17. The highest BCUT2D eigenvalue weighted by Gasteiger charge is 2.45. The van der Waals surface area contributed by atoms with Gasteiger partial charge in [0.2, 0.25) is 0 Å². The van der Waals surface area contributed by atoms with Gasteiger partial charge in [0.25, 0.3) is 11.8 Å². The molecular formula is C43H36N2O4. The number of fused-ring (bicyclic) bond motifs is 3. The van der Waals surface area contributed by atoms with Crippen molar-refractivity contribution in [3.8, 4) is 22.6 Å². The number of para-hydroxylation sites is 2. The molecule has 0 spiro atoms. The van der Waals surface area contributed by atoms with Gasteiger partial charge in [0.1, 0.15) is 11.5 Å². The van der Waals surface area contributed by atoms with Gasteiger partial charge < -0.3 is 20.1 Å². The highest BCUT2D eigenvalue weighted by Crippen LogP contribution is 2.56. The molecule has 0 saturated heterocycles. The molecule has 6 aromatic rings. The maximum Gasteiger partial charge on any atom is 0.265 e. The Hall–Kier alpha value is -6.14. The molecule has 0 radical (unpaired) electrons. The SMILES string of the molecule is CC(Oc1ccccc1)C(=O)Nc1ccc(C2(c3ccc(NC(=O)C(C)Oc4ccccc4)cc3)c3ccccc3-c3ccccc32)cc1. The predicted molar refractivity (Wildman–Crippen MR) is 194 cm³/mol. The van der Waals surface area contributed by atoms with E-state index in [-0.39, 0.29) is 11.8 Å². The van der Waals surface area contributed by atoms with Crippen molar-refractivity contribution in [2.24, 2.45) is 0 Å². The summed E-state index contributed by atoms with van der Waals surface area (Å²) < 4.78 is 11.7. The lowest BCUT2D eigenvalue weighted by Crippen LogP contribution is -2.31. The van der Waals surface area contributed by atoms with Gasteiger partial charge in [-0.1, -0.05) is 109 Å². The van der Waals surface area contributed by atoms with Crippen molar-refractivity contribution in [1.82, 2.24) is 0 Å². The number of carbonyl (C=O) groups is 2. The van der Waals surface area contributed by atoms with Gasteiger partial charge in [-0.25, -0.2) is 0 Å². The molecule has 6 aromatic carbocycles. The van der Waals surface area contributed by atoms with E-state index < -0.39 is 17.6 Å². The van der Waals surface area contributed by atoms with Crippen LogP contribution in [0.4, 0.5) is 11.4 Å². The van der Waals surface area contributed by atoms with E-state index in [1.807, 2.05) is 84.9 Å². The molecule has 0 heterocycles. The Morgan fingerprint density at radius 3 is 1.20 bits per heavy atom. The number of benzene rings is 6. The fourth-order valence-corrected chi connectivity index (χ4v) is 6.63. The molecule has 1 aliphatic rings. The van der Waals surface area contributed by atoms with Gasteiger partial charge in [-0.3, -0.25) is 9.59 Å². The number of nitrogens with one attached hydrogen (secondary N) is 2. The maximum absolute atomic E-state index is 13.0. The summed E-state index contributed by atoms with van der Waals surface area (Å²) in [6.07, 6.45) is -1.34. The fraction of sp³-hybridized carbons (Fsp3) is 0.116. The van der Waals surface area contributed by atoms with Gasteiger partial charge in [-0.2, -0.15) is 0 Å². The van der Waals surface area contributed by atoms with E-state index in [0.29, 0.717) is 22.9 Å². The van der Waals surface area contributed by atoms with Crippen molar-refractivity contribution in [1.29, 1.82) is 0 Å². The molecular weight excluding hydrogens is 608 g/mol. The smallest absolute Gasteiger partial charge is 0.265 e. The second-order valence-corrected chi connectivity index (χ2v) is 12.1. The Bertz CT molecular complexity index is 1930. The van der Waals surface area contributed by atoms with E-state index >= 15 is 0 Å². The van der Waals surface area contributed by atoms with Gasteiger partial charge in [0.05, 0.1) is 5.41 Å². The average molecular weight is 645 g/mol. The van der Waals surface area contributed by atoms with Gasteiger partial charge in [0.15, 0.2) is 12.2 Å². The highest BCUT2D eigenvalue weighted by molar-refractivity contribution is 5.95. The molecule has 2 amide bonds. The molecule has 242 valence electrons. The minimum absolute atomic E-state index is 0.232. The van der Waals surface area contributed by atoms with E-state index in [2.05, 4.69) is 83.4 Å². The second-order valence-electron chi connectivity index (χ2n) is 12.1. The Morgan fingerprint density at radius 2 is 0.816 bits per heavy atom. The van der Waals surface area contributed by atoms with Crippen LogP contribution < -0.4 is 20.1 Å². The lowest BCUT2D eigenvalue weighted by atomic mass is 9.67. The summed E-state index contributed by atoms with van der Waals surface area (Å²) in [4.78, 5) is 26.1. The van der Waals surface area contributed by atoms with Crippen LogP contribution in [-0.4, -0.2) is 24.0 Å². The van der Waals surface area contributed by atoms with Crippen LogP contribution in [0.3, 0.4) is 0 Å². The van der Waals surface area contributed by atoms with Crippen molar-refractivity contribution in [3.63, 3.8) is 0 Å². The number of hydrogen-bond donors (Lipinski definition) is 2. The summed E-state index contributed by atoms with van der Waals surface area (Å²) >= 11 is 0. The number of rotatable bonds is 10. The van der Waals surface area contributed by atoms with E-state index in [0.717, 1.165) is 11.1 Å². The standard InChI is InChI=1S/C43H36N2O4/c1-29(48-35-13-5-3-6-14-35)41(46)44-33-25-21-31(22-26-33)43(39-19-11-9-17-37(39)38-18-10-12-20-40(38)43)32-23-27-34(28-24-32)45-42(47)30(2)49-36-15-7-4-8-16-36/h3-30H,1-2H3,(H,44,46)(H,45,47). The van der Waals surface area contributed by atoms with E-state index in [1.54, 1.807) is 13.8 Å². The minimum Gasteiger partial charge on any atom is -0.481 e. The highest BCUT2D eigenvalue weighted by atomic mass is 16.5. The summed E-state index contributed by atoms with van der Waals surface area (Å²) in [5.41, 5.74) is 7.51. The predicted octanol–water partition coefficient (Wildman–Crippen LogP) is 8.86. The Balaban J connectivity index is 1.19. The fourth-order valence-electron chi connectivity index (χ4n) is 6.63. The number of anilines is 2. The monoisotopic (exact) mass is 644 g/mol. The average Bonchev–Trinajstić information content (AvgIpc) is 3.44. The van der Waals surface area contributed by atoms with Gasteiger partial charge in [-0.15, -0.1) is 0 Å². The van der Waals surface area contributed by atoms with Crippen LogP contribution in [0.5, 0.6) is 11.5 Å². The molecule has 0 fully saturated rings. The summed E-state index contributed by atoms with van der Waals surface area (Å²) in [6, 6.07) is 51.7. The van der Waals surface area contributed by atoms with Crippen LogP contribution in [-0.2, 0) is 15.0 Å². The molecule has 2 atom stereocenters. The van der Waals surface area contributed by atoms with Crippen LogP contribution in [0.15, 0.2) is 158 Å². The first-order valence-electron chi connectivity index (χ1n) is 16.4. The summed E-state index contributed by atoms with van der Waals surface area (Å²) in [6.45, 7) is 3.47. The molecule has 6 heteroatoms. The van der Waals surface area contributed by atoms with Gasteiger partial charge >= 0.3 is 0 Å². The number of amides is 2. The van der Waals surface area contributed by atoms with Crippen molar-refractivity contribution in [2.45, 2.75) is 31.5 Å². The van der Waals surface area contributed by atoms with Crippen molar-refractivity contribution < 1.29 is 19.1 Å². The van der Waals surface area contributed by atoms with Crippen LogP contribution in [0.2, 0.25) is 0 Å². The third-order valence-electron chi connectivity index (χ3n) is 8.97. The molecule has 1 aliphatic carbocycles. The number of hydrogen-bond acceptors (Lipinski definition) is 4. The zero-order valence-electron chi connectivity index (χ0n) is 27.3. The topological polar surface area (TPSA) is 76.7 Å². The molecule has 0 bridgehead atoms. The number of ether oxygens (including phenoxy) is 2. The summed E-state index contributed by atoms with van der Waals surface area (Å²) in [5.74, 6) is 0.816. The minimum atomic E-state index is -0.672. The zero-order chi connectivity index (χ0) is 33.8. The first-order valence-corrected chi connectivity index (χ1v) is 16.4. The van der Waals surface area contributed by atoms with Crippen LogP contribution in [0, 0.1) is 0 Å². The van der Waals surface area contributed by atoms with Crippen LogP contribution in [0.1, 0.15) is 36.1 Å².